The minimum absolute atomic E-state index is 0.358. The highest BCUT2D eigenvalue weighted by molar-refractivity contribution is 5.83. The number of aromatic nitrogens is 1. The second-order valence-electron chi connectivity index (χ2n) is 5.26. The number of carboxylic acids is 1. The lowest BCUT2D eigenvalue weighted by atomic mass is 10.0. The minimum Gasteiger partial charge on any atom is -0.480 e. The number of aromatic amines is 1. The number of H-pyrrole nitrogens is 1. The molecule has 102 valence electrons. The molecule has 4 heteroatoms. The number of rotatable bonds is 6. The minimum atomic E-state index is -0.782. The Balaban J connectivity index is 2.08. The highest BCUT2D eigenvalue weighted by Crippen LogP contribution is 2.17. The lowest BCUT2D eigenvalue weighted by Crippen LogP contribution is -2.37. The van der Waals surface area contributed by atoms with Gasteiger partial charge in [-0.05, 0) is 30.0 Å². The molecule has 19 heavy (non-hydrogen) atoms. The second-order valence-corrected chi connectivity index (χ2v) is 5.26. The highest BCUT2D eigenvalue weighted by Gasteiger charge is 2.18. The van der Waals surface area contributed by atoms with Crippen molar-refractivity contribution in [1.82, 2.24) is 10.3 Å². The van der Waals surface area contributed by atoms with Gasteiger partial charge in [-0.25, -0.2) is 0 Å². The lowest BCUT2D eigenvalue weighted by molar-refractivity contribution is -0.140. The van der Waals surface area contributed by atoms with Gasteiger partial charge in [-0.15, -0.1) is 0 Å². The van der Waals surface area contributed by atoms with Crippen LogP contribution in [-0.2, 0) is 11.3 Å². The third kappa shape index (κ3) is 3.35. The van der Waals surface area contributed by atoms with Crippen LogP contribution in [0.4, 0.5) is 0 Å². The van der Waals surface area contributed by atoms with E-state index in [1.807, 2.05) is 44.3 Å². The van der Waals surface area contributed by atoms with Gasteiger partial charge in [0.1, 0.15) is 6.04 Å². The maximum absolute atomic E-state index is 11.2. The molecule has 2 aromatic rings. The number of hydrogen-bond donors (Lipinski definition) is 3. The van der Waals surface area contributed by atoms with Crippen molar-refractivity contribution in [2.75, 3.05) is 0 Å². The number of carboxylic acid groups (broad SMARTS) is 1. The molecular weight excluding hydrogens is 240 g/mol. The quantitative estimate of drug-likeness (QED) is 0.748. The van der Waals surface area contributed by atoms with Crippen LogP contribution in [0.15, 0.2) is 30.5 Å². The molecule has 0 amide bonds. The topological polar surface area (TPSA) is 65.1 Å². The monoisotopic (exact) mass is 260 g/mol. The molecule has 1 unspecified atom stereocenters. The van der Waals surface area contributed by atoms with E-state index in [-0.39, 0.29) is 0 Å². The molecule has 1 heterocycles. The lowest BCUT2D eigenvalue weighted by Gasteiger charge is -2.16. The summed E-state index contributed by atoms with van der Waals surface area (Å²) >= 11 is 0. The van der Waals surface area contributed by atoms with Crippen molar-refractivity contribution >= 4 is 16.9 Å². The van der Waals surface area contributed by atoms with Gasteiger partial charge in [-0.3, -0.25) is 4.79 Å². The first kappa shape index (κ1) is 13.6. The van der Waals surface area contributed by atoms with Gasteiger partial charge in [-0.2, -0.15) is 0 Å². The summed E-state index contributed by atoms with van der Waals surface area (Å²) in [5, 5.41) is 13.5. The molecule has 0 saturated heterocycles. The van der Waals surface area contributed by atoms with E-state index in [2.05, 4.69) is 10.3 Å². The van der Waals surface area contributed by atoms with Gasteiger partial charge in [0.05, 0.1) is 0 Å². The molecule has 0 bridgehead atoms. The maximum atomic E-state index is 11.2. The van der Waals surface area contributed by atoms with E-state index in [4.69, 9.17) is 0 Å². The Morgan fingerprint density at radius 2 is 2.16 bits per heavy atom. The normalized spacial score (nSPS) is 13.0. The Morgan fingerprint density at radius 3 is 2.84 bits per heavy atom. The van der Waals surface area contributed by atoms with Crippen molar-refractivity contribution in [3.8, 4) is 0 Å². The van der Waals surface area contributed by atoms with Crippen molar-refractivity contribution in [3.05, 3.63) is 36.0 Å². The van der Waals surface area contributed by atoms with E-state index in [0.29, 0.717) is 18.9 Å². The average Bonchev–Trinajstić information content (AvgIpc) is 2.82. The van der Waals surface area contributed by atoms with E-state index < -0.39 is 12.0 Å². The van der Waals surface area contributed by atoms with Crippen LogP contribution in [0.3, 0.4) is 0 Å². The zero-order valence-corrected chi connectivity index (χ0v) is 11.3. The molecule has 0 spiro atoms. The average molecular weight is 260 g/mol. The first-order chi connectivity index (χ1) is 9.08. The van der Waals surface area contributed by atoms with Crippen LogP contribution in [0, 0.1) is 5.92 Å². The van der Waals surface area contributed by atoms with Gasteiger partial charge in [-0.1, -0.05) is 26.0 Å². The Morgan fingerprint density at radius 1 is 1.37 bits per heavy atom. The number of nitrogens with one attached hydrogen (secondary N) is 2. The van der Waals surface area contributed by atoms with E-state index in [1.165, 1.54) is 0 Å². The third-order valence-corrected chi connectivity index (χ3v) is 3.23. The number of carbonyl (C=O) groups is 1. The van der Waals surface area contributed by atoms with Crippen LogP contribution >= 0.6 is 0 Å². The number of fused-ring (bicyclic) bond motifs is 1. The Labute approximate surface area is 112 Å². The molecule has 0 fully saturated rings. The van der Waals surface area contributed by atoms with Crippen LogP contribution in [0.1, 0.15) is 25.8 Å². The van der Waals surface area contributed by atoms with E-state index in [0.717, 1.165) is 16.5 Å². The Bertz CT molecular complexity index is 560. The number of hydrogen-bond acceptors (Lipinski definition) is 2. The summed E-state index contributed by atoms with van der Waals surface area (Å²) in [6.07, 6.45) is 2.54. The van der Waals surface area contributed by atoms with Crippen LogP contribution in [0.2, 0.25) is 0 Å². The molecule has 0 aliphatic carbocycles. The fourth-order valence-corrected chi connectivity index (χ4v) is 2.28. The van der Waals surface area contributed by atoms with Crippen molar-refractivity contribution in [2.45, 2.75) is 32.9 Å². The number of benzene rings is 1. The molecule has 0 radical (unpaired) electrons. The summed E-state index contributed by atoms with van der Waals surface area (Å²) in [5.74, 6) is -0.424. The maximum Gasteiger partial charge on any atom is 0.320 e. The first-order valence-corrected chi connectivity index (χ1v) is 6.59. The molecule has 1 aromatic carbocycles. The van der Waals surface area contributed by atoms with Crippen molar-refractivity contribution in [1.29, 1.82) is 0 Å². The SMILES string of the molecule is CC(C)CC(NCc1cccc2[nH]ccc12)C(=O)O. The summed E-state index contributed by atoms with van der Waals surface area (Å²) in [6.45, 7) is 4.63. The van der Waals surface area contributed by atoms with Crippen LogP contribution in [0.5, 0.6) is 0 Å². The van der Waals surface area contributed by atoms with E-state index >= 15 is 0 Å². The molecule has 4 nitrogen and oxygen atoms in total. The van der Waals surface area contributed by atoms with E-state index in [9.17, 15) is 9.90 Å². The summed E-state index contributed by atoms with van der Waals surface area (Å²) in [7, 11) is 0. The summed E-state index contributed by atoms with van der Waals surface area (Å²) in [5.41, 5.74) is 2.20. The Kier molecular flexibility index (Phi) is 4.22. The summed E-state index contributed by atoms with van der Waals surface area (Å²) in [4.78, 5) is 14.4. The predicted octanol–water partition coefficient (Wildman–Crippen LogP) is 2.76. The second kappa shape index (κ2) is 5.89. The van der Waals surface area contributed by atoms with Crippen molar-refractivity contribution < 1.29 is 9.90 Å². The van der Waals surface area contributed by atoms with Crippen LogP contribution in [0.25, 0.3) is 10.9 Å². The number of aliphatic carboxylic acids is 1. The molecular formula is C15H20N2O2. The van der Waals surface area contributed by atoms with Gasteiger partial charge in [0.25, 0.3) is 0 Å². The third-order valence-electron chi connectivity index (χ3n) is 3.23. The van der Waals surface area contributed by atoms with E-state index in [1.54, 1.807) is 0 Å². The predicted molar refractivity (Wildman–Crippen MR) is 76.0 cm³/mol. The molecule has 3 N–H and O–H groups in total. The summed E-state index contributed by atoms with van der Waals surface area (Å²) in [6, 6.07) is 7.55. The van der Waals surface area contributed by atoms with Gasteiger partial charge >= 0.3 is 5.97 Å². The highest BCUT2D eigenvalue weighted by atomic mass is 16.4. The molecule has 0 aliphatic rings. The van der Waals surface area contributed by atoms with Crippen molar-refractivity contribution in [3.63, 3.8) is 0 Å². The van der Waals surface area contributed by atoms with Gasteiger partial charge in [0, 0.05) is 23.6 Å². The van der Waals surface area contributed by atoms with Crippen molar-refractivity contribution in [2.24, 2.45) is 5.92 Å². The zero-order chi connectivity index (χ0) is 13.8. The molecule has 1 atom stereocenters. The van der Waals surface area contributed by atoms with Gasteiger partial charge < -0.3 is 15.4 Å². The van der Waals surface area contributed by atoms with Gasteiger partial charge in [0.2, 0.25) is 0 Å². The Hall–Kier alpha value is -1.81. The fraction of sp³-hybridized carbons (Fsp3) is 0.400. The molecule has 0 saturated carbocycles. The smallest absolute Gasteiger partial charge is 0.320 e. The zero-order valence-electron chi connectivity index (χ0n) is 11.3. The van der Waals surface area contributed by atoms with Gasteiger partial charge in [0.15, 0.2) is 0 Å². The standard InChI is InChI=1S/C15H20N2O2/c1-10(2)8-14(15(18)19)17-9-11-4-3-5-13-12(11)6-7-16-13/h3-7,10,14,16-17H,8-9H2,1-2H3,(H,18,19). The molecule has 1 aromatic heterocycles. The van der Waals surface area contributed by atoms with Crippen LogP contribution < -0.4 is 5.32 Å². The largest absolute Gasteiger partial charge is 0.480 e. The molecule has 0 aliphatic heterocycles. The summed E-state index contributed by atoms with van der Waals surface area (Å²) < 4.78 is 0. The first-order valence-electron chi connectivity index (χ1n) is 6.59. The fourth-order valence-electron chi connectivity index (χ4n) is 2.28. The molecule has 2 rings (SSSR count). The van der Waals surface area contributed by atoms with Crippen LogP contribution in [-0.4, -0.2) is 22.1 Å².